The summed E-state index contributed by atoms with van der Waals surface area (Å²) >= 11 is 0. The molecule has 3 aromatic carbocycles. The maximum absolute atomic E-state index is 14.0. The Hall–Kier alpha value is -4.08. The third-order valence-corrected chi connectivity index (χ3v) is 5.43. The summed E-state index contributed by atoms with van der Waals surface area (Å²) in [4.78, 5) is 12.9. The molecule has 0 spiro atoms. The lowest BCUT2D eigenvalue weighted by Gasteiger charge is -2.13. The van der Waals surface area contributed by atoms with Crippen LogP contribution in [0.3, 0.4) is 0 Å². The van der Waals surface area contributed by atoms with E-state index in [1.54, 1.807) is 18.2 Å². The van der Waals surface area contributed by atoms with Crippen LogP contribution in [0, 0.1) is 36.0 Å². The van der Waals surface area contributed by atoms with Crippen LogP contribution in [-0.4, -0.2) is 20.0 Å². The molecule has 0 radical (unpaired) electrons. The fourth-order valence-electron chi connectivity index (χ4n) is 3.62. The molecular formula is C25H17F5O5. The number of hydrogen-bond acceptors (Lipinski definition) is 5. The lowest BCUT2D eigenvalue weighted by Crippen LogP contribution is -2.10. The summed E-state index contributed by atoms with van der Waals surface area (Å²) in [5.41, 5.74) is -0.104. The van der Waals surface area contributed by atoms with E-state index in [2.05, 4.69) is 0 Å². The van der Waals surface area contributed by atoms with E-state index in [0.29, 0.717) is 22.6 Å². The lowest BCUT2D eigenvalue weighted by molar-refractivity contribution is 0.101. The van der Waals surface area contributed by atoms with Crippen molar-refractivity contribution in [3.63, 3.8) is 0 Å². The zero-order valence-corrected chi connectivity index (χ0v) is 18.6. The first-order valence-corrected chi connectivity index (χ1v) is 10.1. The Morgan fingerprint density at radius 3 is 2.14 bits per heavy atom. The highest BCUT2D eigenvalue weighted by atomic mass is 19.2. The summed E-state index contributed by atoms with van der Waals surface area (Å²) < 4.78 is 89.8. The molecule has 0 atom stereocenters. The molecule has 0 aromatic heterocycles. The van der Waals surface area contributed by atoms with E-state index in [0.717, 1.165) is 0 Å². The summed E-state index contributed by atoms with van der Waals surface area (Å²) in [6.45, 7) is 0.581. The van der Waals surface area contributed by atoms with E-state index >= 15 is 0 Å². The normalized spacial score (nSPS) is 13.6. The summed E-state index contributed by atoms with van der Waals surface area (Å²) in [6, 6.07) is 7.81. The molecule has 0 aliphatic carbocycles. The maximum atomic E-state index is 14.0. The average molecular weight is 492 g/mol. The molecule has 0 fully saturated rings. The number of carbonyl (C=O) groups excluding carboxylic acids is 1. The highest BCUT2D eigenvalue weighted by Gasteiger charge is 2.31. The van der Waals surface area contributed by atoms with E-state index in [9.17, 15) is 26.7 Å². The Balaban J connectivity index is 1.64. The molecule has 0 amide bonds. The third kappa shape index (κ3) is 4.05. The number of halogens is 5. The van der Waals surface area contributed by atoms with Crippen LogP contribution in [-0.2, 0) is 6.61 Å². The number of fused-ring (bicyclic) bond motifs is 1. The predicted molar refractivity (Wildman–Crippen MR) is 114 cm³/mol. The number of carbonyl (C=O) groups is 1. The quantitative estimate of drug-likeness (QED) is 0.186. The zero-order chi connectivity index (χ0) is 25.4. The molecule has 0 bridgehead atoms. The summed E-state index contributed by atoms with van der Waals surface area (Å²) in [7, 11) is 2.92. The first-order valence-electron chi connectivity index (χ1n) is 10.1. The van der Waals surface area contributed by atoms with Gasteiger partial charge in [0.05, 0.1) is 25.3 Å². The molecule has 35 heavy (non-hydrogen) atoms. The van der Waals surface area contributed by atoms with Gasteiger partial charge in [-0.25, -0.2) is 22.0 Å². The number of Topliss-reactive ketones (excluding diaryl/α,β-unsaturated/α-hetero) is 1. The number of allylic oxidation sites excluding steroid dienone is 1. The van der Waals surface area contributed by atoms with Crippen molar-refractivity contribution >= 4 is 11.9 Å². The Morgan fingerprint density at radius 1 is 0.857 bits per heavy atom. The second-order valence-corrected chi connectivity index (χ2v) is 7.43. The van der Waals surface area contributed by atoms with Gasteiger partial charge in [-0.2, -0.15) is 0 Å². The van der Waals surface area contributed by atoms with Crippen LogP contribution in [0.25, 0.3) is 6.08 Å². The van der Waals surface area contributed by atoms with Crippen LogP contribution in [0.5, 0.6) is 23.0 Å². The highest BCUT2D eigenvalue weighted by molar-refractivity contribution is 6.15. The molecule has 10 heteroatoms. The molecule has 182 valence electrons. The van der Waals surface area contributed by atoms with Gasteiger partial charge in [0.25, 0.3) is 0 Å². The predicted octanol–water partition coefficient (Wildman–Crippen LogP) is 5.90. The number of benzene rings is 3. The smallest absolute Gasteiger partial charge is 0.231 e. The van der Waals surface area contributed by atoms with Gasteiger partial charge < -0.3 is 18.9 Å². The van der Waals surface area contributed by atoms with Gasteiger partial charge in [0.1, 0.15) is 18.1 Å². The molecule has 5 nitrogen and oxygen atoms in total. The van der Waals surface area contributed by atoms with Gasteiger partial charge >= 0.3 is 0 Å². The van der Waals surface area contributed by atoms with Crippen molar-refractivity contribution < 1.29 is 45.7 Å². The standard InChI is InChI=1S/C25H17F5O5/c1-11-15(34-10-14-18(26)20(28)22(30)21(29)19(14)27)8-7-13-23(31)17(35-24(11)13)9-12-5-4-6-16(32-2)25(12)33-3/h4-9H,10H2,1-3H3/b17-9-. The average Bonchev–Trinajstić information content (AvgIpc) is 3.18. The SMILES string of the molecule is COc1cccc(/C=C2\Oc3c(ccc(OCc4c(F)c(F)c(F)c(F)c4F)c3C)C2=O)c1OC. The van der Waals surface area contributed by atoms with Crippen molar-refractivity contribution in [3.8, 4) is 23.0 Å². The topological polar surface area (TPSA) is 54.0 Å². The van der Waals surface area contributed by atoms with Gasteiger partial charge in [-0.05, 0) is 31.2 Å². The van der Waals surface area contributed by atoms with Crippen molar-refractivity contribution in [3.05, 3.63) is 87.4 Å². The number of para-hydroxylation sites is 1. The summed E-state index contributed by atoms with van der Waals surface area (Å²) in [5, 5.41) is 0. The van der Waals surface area contributed by atoms with Gasteiger partial charge in [0, 0.05) is 11.1 Å². The molecular weight excluding hydrogens is 475 g/mol. The second kappa shape index (κ2) is 9.28. The maximum Gasteiger partial charge on any atom is 0.231 e. The number of methoxy groups -OCH3 is 2. The van der Waals surface area contributed by atoms with Gasteiger partial charge in [0.2, 0.25) is 11.6 Å². The molecule has 0 saturated heterocycles. The second-order valence-electron chi connectivity index (χ2n) is 7.43. The Bertz CT molecular complexity index is 1350. The van der Waals surface area contributed by atoms with Gasteiger partial charge in [-0.3, -0.25) is 4.79 Å². The number of ketones is 1. The number of ether oxygens (including phenoxy) is 4. The van der Waals surface area contributed by atoms with Gasteiger partial charge in [-0.1, -0.05) is 12.1 Å². The third-order valence-electron chi connectivity index (χ3n) is 5.43. The van der Waals surface area contributed by atoms with Crippen LogP contribution in [0.15, 0.2) is 36.1 Å². The Morgan fingerprint density at radius 2 is 1.51 bits per heavy atom. The van der Waals surface area contributed by atoms with Crippen LogP contribution < -0.4 is 18.9 Å². The zero-order valence-electron chi connectivity index (χ0n) is 18.6. The van der Waals surface area contributed by atoms with Crippen molar-refractivity contribution in [2.75, 3.05) is 14.2 Å². The monoisotopic (exact) mass is 492 g/mol. The van der Waals surface area contributed by atoms with Crippen molar-refractivity contribution in [1.29, 1.82) is 0 Å². The first-order chi connectivity index (χ1) is 16.7. The molecule has 0 N–H and O–H groups in total. The van der Waals surface area contributed by atoms with Crippen LogP contribution >= 0.6 is 0 Å². The number of rotatable bonds is 6. The summed E-state index contributed by atoms with van der Waals surface area (Å²) in [5.74, 6) is -9.80. The van der Waals surface area contributed by atoms with Crippen molar-refractivity contribution in [1.82, 2.24) is 0 Å². The molecule has 3 aromatic rings. The van der Waals surface area contributed by atoms with E-state index in [-0.39, 0.29) is 22.8 Å². The molecule has 4 rings (SSSR count). The molecule has 1 heterocycles. The lowest BCUT2D eigenvalue weighted by atomic mass is 10.1. The van der Waals surface area contributed by atoms with Crippen LogP contribution in [0.2, 0.25) is 0 Å². The number of hydrogen-bond donors (Lipinski definition) is 0. The summed E-state index contributed by atoms with van der Waals surface area (Å²) in [6.07, 6.45) is 1.47. The fraction of sp³-hybridized carbons (Fsp3) is 0.160. The van der Waals surface area contributed by atoms with E-state index in [4.69, 9.17) is 18.9 Å². The van der Waals surface area contributed by atoms with Crippen LogP contribution in [0.4, 0.5) is 22.0 Å². The van der Waals surface area contributed by atoms with E-state index < -0.39 is 47.0 Å². The van der Waals surface area contributed by atoms with Gasteiger partial charge in [0.15, 0.2) is 40.5 Å². The van der Waals surface area contributed by atoms with E-state index in [1.165, 1.54) is 39.4 Å². The first kappa shape index (κ1) is 24.1. The minimum absolute atomic E-state index is 0.0217. The Labute approximate surface area is 196 Å². The molecule has 1 aliphatic rings. The molecule has 1 aliphatic heterocycles. The largest absolute Gasteiger partial charge is 0.493 e. The minimum Gasteiger partial charge on any atom is -0.493 e. The minimum atomic E-state index is -2.25. The van der Waals surface area contributed by atoms with E-state index in [1.807, 2.05) is 0 Å². The molecule has 0 unspecified atom stereocenters. The molecule has 0 saturated carbocycles. The van der Waals surface area contributed by atoms with Crippen molar-refractivity contribution in [2.45, 2.75) is 13.5 Å². The van der Waals surface area contributed by atoms with Gasteiger partial charge in [-0.15, -0.1) is 0 Å². The Kier molecular flexibility index (Phi) is 6.38. The fourth-order valence-corrected chi connectivity index (χ4v) is 3.62. The highest BCUT2D eigenvalue weighted by Crippen LogP contribution is 2.41. The van der Waals surface area contributed by atoms with Crippen LogP contribution in [0.1, 0.15) is 27.0 Å². The van der Waals surface area contributed by atoms with Crippen molar-refractivity contribution in [2.24, 2.45) is 0 Å².